The maximum Gasteiger partial charge on any atom is 0.220 e. The molecule has 1 aromatic carbocycles. The number of pyridine rings is 1. The highest BCUT2D eigenvalue weighted by molar-refractivity contribution is 6.30. The lowest BCUT2D eigenvalue weighted by Crippen LogP contribution is -2.28. The first-order valence-electron chi connectivity index (χ1n) is 8.05. The van der Waals surface area contributed by atoms with Crippen LogP contribution in [-0.2, 0) is 11.2 Å². The van der Waals surface area contributed by atoms with Gasteiger partial charge < -0.3 is 5.32 Å². The number of halogens is 1. The molecule has 0 saturated carbocycles. The van der Waals surface area contributed by atoms with Gasteiger partial charge in [0.1, 0.15) is 0 Å². The molecule has 1 N–H and O–H groups in total. The Kier molecular flexibility index (Phi) is 6.60. The van der Waals surface area contributed by atoms with Crippen molar-refractivity contribution in [2.24, 2.45) is 0 Å². The predicted molar refractivity (Wildman–Crippen MR) is 94.5 cm³/mol. The molecule has 4 heteroatoms. The zero-order chi connectivity index (χ0) is 16.7. The van der Waals surface area contributed by atoms with Crippen molar-refractivity contribution in [2.45, 2.75) is 45.6 Å². The molecule has 0 spiro atoms. The minimum atomic E-state index is -0.0158. The van der Waals surface area contributed by atoms with Gasteiger partial charge in [0.2, 0.25) is 5.91 Å². The molecule has 122 valence electrons. The molecule has 0 bridgehead atoms. The Hall–Kier alpha value is -1.87. The SMILES string of the molecule is CCC(NC(=O)CCCc1ccc(Cl)cc1)c1cc(C)ccn1. The van der Waals surface area contributed by atoms with E-state index in [-0.39, 0.29) is 11.9 Å². The number of nitrogens with one attached hydrogen (secondary N) is 1. The highest BCUT2D eigenvalue weighted by Crippen LogP contribution is 2.16. The lowest BCUT2D eigenvalue weighted by Gasteiger charge is -2.17. The number of nitrogens with zero attached hydrogens (tertiary/aromatic N) is 1. The fourth-order valence-electron chi connectivity index (χ4n) is 2.51. The molecule has 1 amide bonds. The van der Waals surface area contributed by atoms with Crippen LogP contribution in [0.2, 0.25) is 5.02 Å². The van der Waals surface area contributed by atoms with E-state index < -0.39 is 0 Å². The van der Waals surface area contributed by atoms with Gasteiger partial charge in [0.15, 0.2) is 0 Å². The van der Waals surface area contributed by atoms with E-state index in [4.69, 9.17) is 11.6 Å². The monoisotopic (exact) mass is 330 g/mol. The van der Waals surface area contributed by atoms with Crippen LogP contribution in [0, 0.1) is 6.92 Å². The van der Waals surface area contributed by atoms with Gasteiger partial charge in [-0.05, 0) is 61.6 Å². The highest BCUT2D eigenvalue weighted by atomic mass is 35.5. The normalized spacial score (nSPS) is 12.0. The number of amides is 1. The Morgan fingerprint density at radius 3 is 2.65 bits per heavy atom. The summed E-state index contributed by atoms with van der Waals surface area (Å²) in [6.45, 7) is 4.09. The molecular weight excluding hydrogens is 308 g/mol. The van der Waals surface area contributed by atoms with E-state index in [1.807, 2.05) is 43.3 Å². The predicted octanol–water partition coefficient (Wildman–Crippen LogP) is 4.63. The molecule has 3 nitrogen and oxygen atoms in total. The maximum atomic E-state index is 12.2. The molecular formula is C19H23ClN2O. The average molecular weight is 331 g/mol. The molecule has 0 fully saturated rings. The first kappa shape index (κ1) is 17.5. The summed E-state index contributed by atoms with van der Waals surface area (Å²) in [7, 11) is 0. The molecule has 2 aromatic rings. The van der Waals surface area contributed by atoms with E-state index in [2.05, 4.69) is 17.2 Å². The molecule has 2 rings (SSSR count). The van der Waals surface area contributed by atoms with Crippen molar-refractivity contribution in [2.75, 3.05) is 0 Å². The Labute approximate surface area is 143 Å². The number of aryl methyl sites for hydroxylation is 2. The van der Waals surface area contributed by atoms with Crippen LogP contribution in [0.3, 0.4) is 0 Å². The zero-order valence-corrected chi connectivity index (χ0v) is 14.4. The van der Waals surface area contributed by atoms with Gasteiger partial charge in [0, 0.05) is 17.6 Å². The summed E-state index contributed by atoms with van der Waals surface area (Å²) in [6, 6.07) is 11.8. The van der Waals surface area contributed by atoms with Gasteiger partial charge in [0.25, 0.3) is 0 Å². The van der Waals surface area contributed by atoms with E-state index in [1.165, 1.54) is 5.56 Å². The second-order valence-electron chi connectivity index (χ2n) is 5.77. The summed E-state index contributed by atoms with van der Waals surface area (Å²) in [5.41, 5.74) is 3.29. The summed E-state index contributed by atoms with van der Waals surface area (Å²) in [5, 5.41) is 3.82. The van der Waals surface area contributed by atoms with E-state index in [1.54, 1.807) is 6.20 Å². The average Bonchev–Trinajstić information content (AvgIpc) is 2.54. The fraction of sp³-hybridized carbons (Fsp3) is 0.368. The molecule has 1 aromatic heterocycles. The van der Waals surface area contributed by atoms with Crippen LogP contribution in [0.1, 0.15) is 49.0 Å². The summed E-state index contributed by atoms with van der Waals surface area (Å²) >= 11 is 5.87. The van der Waals surface area contributed by atoms with Gasteiger partial charge in [-0.15, -0.1) is 0 Å². The summed E-state index contributed by atoms with van der Waals surface area (Å²) < 4.78 is 0. The second kappa shape index (κ2) is 8.68. The summed E-state index contributed by atoms with van der Waals surface area (Å²) in [4.78, 5) is 16.5. The fourth-order valence-corrected chi connectivity index (χ4v) is 2.63. The molecule has 0 aliphatic heterocycles. The number of carbonyl (C=O) groups is 1. The quantitative estimate of drug-likeness (QED) is 0.804. The molecule has 23 heavy (non-hydrogen) atoms. The van der Waals surface area contributed by atoms with Crippen LogP contribution in [-0.4, -0.2) is 10.9 Å². The first-order chi connectivity index (χ1) is 11.1. The second-order valence-corrected chi connectivity index (χ2v) is 6.20. The summed E-state index contributed by atoms with van der Waals surface area (Å²) in [6.07, 6.45) is 4.85. The number of hydrogen-bond acceptors (Lipinski definition) is 2. The highest BCUT2D eigenvalue weighted by Gasteiger charge is 2.13. The van der Waals surface area contributed by atoms with Crippen LogP contribution in [0.4, 0.5) is 0 Å². The van der Waals surface area contributed by atoms with Crippen molar-refractivity contribution < 1.29 is 4.79 Å². The van der Waals surface area contributed by atoms with Gasteiger partial charge in [0.05, 0.1) is 11.7 Å². The third-order valence-electron chi connectivity index (χ3n) is 3.82. The molecule has 1 heterocycles. The van der Waals surface area contributed by atoms with Gasteiger partial charge in [-0.1, -0.05) is 30.7 Å². The van der Waals surface area contributed by atoms with Crippen LogP contribution in [0.5, 0.6) is 0 Å². The third-order valence-corrected chi connectivity index (χ3v) is 4.07. The molecule has 0 aliphatic carbocycles. The number of rotatable bonds is 7. The largest absolute Gasteiger partial charge is 0.348 e. The topological polar surface area (TPSA) is 42.0 Å². The maximum absolute atomic E-state index is 12.2. The molecule has 0 saturated heterocycles. The van der Waals surface area contributed by atoms with Crippen LogP contribution < -0.4 is 5.32 Å². The van der Waals surface area contributed by atoms with Crippen LogP contribution in [0.15, 0.2) is 42.6 Å². The Morgan fingerprint density at radius 1 is 1.26 bits per heavy atom. The lowest BCUT2D eigenvalue weighted by atomic mass is 10.1. The Balaban J connectivity index is 1.82. The molecule has 1 atom stereocenters. The Morgan fingerprint density at radius 2 is 2.00 bits per heavy atom. The number of hydrogen-bond donors (Lipinski definition) is 1. The van der Waals surface area contributed by atoms with Crippen molar-refractivity contribution in [3.63, 3.8) is 0 Å². The van der Waals surface area contributed by atoms with Crippen molar-refractivity contribution >= 4 is 17.5 Å². The third kappa shape index (κ3) is 5.68. The lowest BCUT2D eigenvalue weighted by molar-refractivity contribution is -0.122. The van der Waals surface area contributed by atoms with Crippen molar-refractivity contribution in [1.29, 1.82) is 0 Å². The molecule has 0 aliphatic rings. The minimum Gasteiger partial charge on any atom is -0.348 e. The number of carbonyl (C=O) groups excluding carboxylic acids is 1. The van der Waals surface area contributed by atoms with E-state index in [9.17, 15) is 4.79 Å². The Bertz CT molecular complexity index is 640. The van der Waals surface area contributed by atoms with Gasteiger partial charge in [-0.3, -0.25) is 9.78 Å². The number of aromatic nitrogens is 1. The van der Waals surface area contributed by atoms with Gasteiger partial charge in [-0.2, -0.15) is 0 Å². The van der Waals surface area contributed by atoms with Crippen molar-refractivity contribution in [1.82, 2.24) is 10.3 Å². The van der Waals surface area contributed by atoms with Gasteiger partial charge in [-0.25, -0.2) is 0 Å². The molecule has 0 radical (unpaired) electrons. The van der Waals surface area contributed by atoms with Crippen LogP contribution in [0.25, 0.3) is 0 Å². The molecule has 1 unspecified atom stereocenters. The van der Waals surface area contributed by atoms with Crippen molar-refractivity contribution in [3.05, 3.63) is 64.4 Å². The van der Waals surface area contributed by atoms with Gasteiger partial charge >= 0.3 is 0 Å². The van der Waals surface area contributed by atoms with Crippen molar-refractivity contribution in [3.8, 4) is 0 Å². The smallest absolute Gasteiger partial charge is 0.220 e. The van der Waals surface area contributed by atoms with E-state index in [0.717, 1.165) is 35.5 Å². The number of benzene rings is 1. The first-order valence-corrected chi connectivity index (χ1v) is 8.42. The minimum absolute atomic E-state index is 0.0158. The van der Waals surface area contributed by atoms with Crippen LogP contribution >= 0.6 is 11.6 Å². The zero-order valence-electron chi connectivity index (χ0n) is 13.7. The van der Waals surface area contributed by atoms with E-state index >= 15 is 0 Å². The van der Waals surface area contributed by atoms with E-state index in [0.29, 0.717) is 6.42 Å². The standard InChI is InChI=1S/C19H23ClN2O/c1-3-17(18-13-14(2)11-12-21-18)22-19(23)6-4-5-15-7-9-16(20)10-8-15/h7-13,17H,3-6H2,1-2H3,(H,22,23). The summed E-state index contributed by atoms with van der Waals surface area (Å²) in [5.74, 6) is 0.0779.